The minimum Gasteiger partial charge on any atom is -0.432 e. The SMILES string of the molecule is CC(C)OC(=O)OCOP(=O)(COC[C@H]1O[C@@H](n2ncc3c(N[C@@H](C)c4ccccc4)nc(Cl)nc32)[C@H](O)[C@@H]1O)OCOC(=O)OC(C)C. The van der Waals surface area contributed by atoms with Crippen molar-refractivity contribution < 1.29 is 61.8 Å². The van der Waals surface area contributed by atoms with Crippen molar-refractivity contribution in [2.75, 3.05) is 31.9 Å². The van der Waals surface area contributed by atoms with Gasteiger partial charge in [0, 0.05) is 6.04 Å². The molecule has 49 heavy (non-hydrogen) atoms. The number of aromatic nitrogens is 4. The molecule has 1 saturated heterocycles. The van der Waals surface area contributed by atoms with Gasteiger partial charge in [0.1, 0.15) is 30.5 Å². The Hall–Kier alpha value is -3.61. The Morgan fingerprint density at radius 3 is 2.18 bits per heavy atom. The molecule has 2 aromatic heterocycles. The minimum absolute atomic E-state index is 0.0939. The molecule has 1 aromatic carbocycles. The molecule has 270 valence electrons. The molecule has 0 aliphatic carbocycles. The number of ether oxygens (including phenoxy) is 6. The van der Waals surface area contributed by atoms with E-state index < -0.39 is 83.2 Å². The summed E-state index contributed by atoms with van der Waals surface area (Å²) in [6, 6.07) is 9.51. The highest BCUT2D eigenvalue weighted by Crippen LogP contribution is 2.48. The van der Waals surface area contributed by atoms with E-state index in [9.17, 15) is 24.4 Å². The number of nitrogens with zero attached hydrogens (tertiary/aromatic N) is 4. The molecular weight excluding hydrogens is 693 g/mol. The van der Waals surface area contributed by atoms with E-state index in [0.717, 1.165) is 5.56 Å². The van der Waals surface area contributed by atoms with E-state index in [2.05, 4.69) is 20.4 Å². The van der Waals surface area contributed by atoms with Gasteiger partial charge in [-0.1, -0.05) is 30.3 Å². The number of hydrogen-bond acceptors (Lipinski definition) is 17. The largest absolute Gasteiger partial charge is 0.510 e. The van der Waals surface area contributed by atoms with Gasteiger partial charge < -0.3 is 44.0 Å². The van der Waals surface area contributed by atoms with E-state index in [1.165, 1.54) is 10.9 Å². The Morgan fingerprint density at radius 2 is 1.59 bits per heavy atom. The average Bonchev–Trinajstić information content (AvgIpc) is 3.56. The van der Waals surface area contributed by atoms with Crippen LogP contribution in [-0.4, -0.2) is 99.3 Å². The molecule has 0 radical (unpaired) electrons. The van der Waals surface area contributed by atoms with E-state index in [1.54, 1.807) is 27.7 Å². The van der Waals surface area contributed by atoms with Gasteiger partial charge in [0.15, 0.2) is 11.9 Å². The molecule has 0 unspecified atom stereocenters. The monoisotopic (exact) mass is 731 g/mol. The molecule has 1 aliphatic rings. The smallest absolute Gasteiger partial charge is 0.432 e. The highest BCUT2D eigenvalue weighted by atomic mass is 35.5. The average molecular weight is 732 g/mol. The number of benzene rings is 1. The molecule has 20 heteroatoms. The molecule has 18 nitrogen and oxygen atoms in total. The van der Waals surface area contributed by atoms with Crippen LogP contribution in [0.15, 0.2) is 36.5 Å². The van der Waals surface area contributed by atoms with Crippen molar-refractivity contribution in [3.05, 3.63) is 47.4 Å². The lowest BCUT2D eigenvalue weighted by Gasteiger charge is -2.20. The van der Waals surface area contributed by atoms with Crippen LogP contribution in [0.1, 0.15) is 52.5 Å². The maximum absolute atomic E-state index is 13.3. The molecule has 3 N–H and O–H groups in total. The first kappa shape index (κ1) is 38.2. The summed E-state index contributed by atoms with van der Waals surface area (Å²) in [5, 5.41) is 29.7. The van der Waals surface area contributed by atoms with E-state index in [1.807, 2.05) is 37.3 Å². The number of nitrogens with one attached hydrogen (secondary N) is 1. The molecule has 1 aliphatic heterocycles. The van der Waals surface area contributed by atoms with E-state index >= 15 is 0 Å². The first-order valence-corrected chi connectivity index (χ1v) is 17.2. The van der Waals surface area contributed by atoms with Crippen LogP contribution in [0, 0.1) is 0 Å². The van der Waals surface area contributed by atoms with Crippen molar-refractivity contribution >= 4 is 48.4 Å². The normalized spacial score (nSPS) is 20.0. The first-order chi connectivity index (χ1) is 23.3. The summed E-state index contributed by atoms with van der Waals surface area (Å²) in [6.07, 6.45) is -7.81. The standard InChI is InChI=1S/C29H39ClN5O13P/c1-16(2)46-28(38)42-13-44-49(40,45-14-43-29(39)47-17(3)4)15-41-12-21-22(36)23(37)26(48-21)35-25-20(11-31-35)24(33-27(30)34-25)32-18(5)19-9-7-6-8-10-19/h6-11,16-18,21-23,26,36-37H,12-15H2,1-5H3,(H,32,33,34)/t18-,21+,22+,23+,26+/m0/s1. The predicted molar refractivity (Wildman–Crippen MR) is 170 cm³/mol. The van der Waals surface area contributed by atoms with Gasteiger partial charge in [0.2, 0.25) is 18.9 Å². The highest BCUT2D eigenvalue weighted by molar-refractivity contribution is 7.53. The van der Waals surface area contributed by atoms with Crippen molar-refractivity contribution in [2.45, 2.75) is 77.4 Å². The number of aliphatic hydroxyl groups excluding tert-OH is 2. The molecular formula is C29H39ClN5O13P. The number of carbonyl (C=O) groups is 2. The van der Waals surface area contributed by atoms with Crippen LogP contribution in [0.5, 0.6) is 0 Å². The number of fused-ring (bicyclic) bond motifs is 1. The lowest BCUT2D eigenvalue weighted by atomic mass is 10.1. The molecule has 5 atom stereocenters. The van der Waals surface area contributed by atoms with Crippen LogP contribution < -0.4 is 5.32 Å². The maximum Gasteiger partial charge on any atom is 0.510 e. The predicted octanol–water partition coefficient (Wildman–Crippen LogP) is 4.51. The van der Waals surface area contributed by atoms with E-state index in [-0.39, 0.29) is 17.0 Å². The van der Waals surface area contributed by atoms with Crippen LogP contribution in [0.2, 0.25) is 5.28 Å². The van der Waals surface area contributed by atoms with Gasteiger partial charge in [-0.3, -0.25) is 13.6 Å². The van der Waals surface area contributed by atoms with Crippen molar-refractivity contribution in [1.82, 2.24) is 19.7 Å². The zero-order valence-corrected chi connectivity index (χ0v) is 29.0. The third kappa shape index (κ3) is 10.7. The number of rotatable bonds is 16. The van der Waals surface area contributed by atoms with Crippen molar-refractivity contribution in [1.29, 1.82) is 0 Å². The van der Waals surface area contributed by atoms with Crippen LogP contribution in [0.3, 0.4) is 0 Å². The lowest BCUT2D eigenvalue weighted by Crippen LogP contribution is -2.34. The summed E-state index contributed by atoms with van der Waals surface area (Å²) < 4.78 is 55.3. The second kappa shape index (κ2) is 17.4. The Kier molecular flexibility index (Phi) is 13.5. The zero-order chi connectivity index (χ0) is 35.7. The van der Waals surface area contributed by atoms with E-state index in [4.69, 9.17) is 49.1 Å². The van der Waals surface area contributed by atoms with Gasteiger partial charge in [0.25, 0.3) is 0 Å². The van der Waals surface area contributed by atoms with Crippen molar-refractivity contribution in [2.24, 2.45) is 0 Å². The van der Waals surface area contributed by atoms with Crippen LogP contribution in [0.25, 0.3) is 11.0 Å². The van der Waals surface area contributed by atoms with Gasteiger partial charge >= 0.3 is 19.9 Å². The molecule has 0 amide bonds. The molecule has 3 heterocycles. The number of anilines is 1. The Bertz CT molecular complexity index is 1570. The van der Waals surface area contributed by atoms with Gasteiger partial charge in [-0.15, -0.1) is 0 Å². The lowest BCUT2D eigenvalue weighted by molar-refractivity contribution is -0.0691. The number of carbonyl (C=O) groups excluding carboxylic acids is 2. The summed E-state index contributed by atoms with van der Waals surface area (Å²) in [5.74, 6) is 0.393. The molecule has 0 spiro atoms. The second-order valence-corrected chi connectivity index (χ2v) is 13.6. The molecule has 0 saturated carbocycles. The third-order valence-electron chi connectivity index (χ3n) is 6.71. The zero-order valence-electron chi connectivity index (χ0n) is 27.3. The Morgan fingerprint density at radius 1 is 0.980 bits per heavy atom. The summed E-state index contributed by atoms with van der Waals surface area (Å²) in [5.41, 5.74) is 1.22. The van der Waals surface area contributed by atoms with Crippen LogP contribution in [0.4, 0.5) is 15.4 Å². The number of aliphatic hydroxyl groups is 2. The first-order valence-electron chi connectivity index (χ1n) is 15.1. The third-order valence-corrected chi connectivity index (χ3v) is 8.37. The summed E-state index contributed by atoms with van der Waals surface area (Å²) in [4.78, 5) is 31.9. The topological polar surface area (TPSA) is 221 Å². The molecule has 0 bridgehead atoms. The molecule has 4 rings (SSSR count). The van der Waals surface area contributed by atoms with Gasteiger partial charge in [-0.2, -0.15) is 15.1 Å². The number of hydrogen-bond donors (Lipinski definition) is 3. The summed E-state index contributed by atoms with van der Waals surface area (Å²) in [6.45, 7) is 6.19. The fourth-order valence-electron chi connectivity index (χ4n) is 4.45. The van der Waals surface area contributed by atoms with Crippen molar-refractivity contribution in [3.8, 4) is 0 Å². The minimum atomic E-state index is -4.28. The highest BCUT2D eigenvalue weighted by Gasteiger charge is 2.45. The Balaban J connectivity index is 1.40. The fourth-order valence-corrected chi connectivity index (χ4v) is 5.59. The summed E-state index contributed by atoms with van der Waals surface area (Å²) >= 11 is 6.25. The second-order valence-electron chi connectivity index (χ2n) is 11.2. The van der Waals surface area contributed by atoms with Gasteiger partial charge in [-0.25, -0.2) is 14.3 Å². The maximum atomic E-state index is 13.3. The quantitative estimate of drug-likeness (QED) is 0.0798. The summed E-state index contributed by atoms with van der Waals surface area (Å²) in [7, 11) is -4.28. The van der Waals surface area contributed by atoms with E-state index in [0.29, 0.717) is 11.2 Å². The van der Waals surface area contributed by atoms with Crippen LogP contribution >= 0.6 is 19.2 Å². The van der Waals surface area contributed by atoms with Crippen LogP contribution in [-0.2, 0) is 42.0 Å². The molecule has 1 fully saturated rings. The number of halogens is 1. The van der Waals surface area contributed by atoms with Gasteiger partial charge in [-0.05, 0) is 51.8 Å². The molecule has 3 aromatic rings. The fraction of sp³-hybridized carbons (Fsp3) is 0.552. The van der Waals surface area contributed by atoms with Gasteiger partial charge in [0.05, 0.1) is 30.4 Å². The van der Waals surface area contributed by atoms with Crippen molar-refractivity contribution in [3.63, 3.8) is 0 Å². The Labute approximate surface area is 286 Å².